The van der Waals surface area contributed by atoms with Gasteiger partial charge in [-0.3, -0.25) is 0 Å². The van der Waals surface area contributed by atoms with E-state index in [1.54, 1.807) is 11.3 Å². The van der Waals surface area contributed by atoms with Crippen LogP contribution in [0.3, 0.4) is 0 Å². The minimum absolute atomic E-state index is 0.271. The van der Waals surface area contributed by atoms with Gasteiger partial charge in [0.25, 0.3) is 0 Å². The van der Waals surface area contributed by atoms with Gasteiger partial charge in [-0.05, 0) is 32.2 Å². The number of hydrogen-bond acceptors (Lipinski definition) is 3. The fourth-order valence-electron chi connectivity index (χ4n) is 1.70. The van der Waals surface area contributed by atoms with Crippen LogP contribution in [0.4, 0.5) is 0 Å². The van der Waals surface area contributed by atoms with Crippen LogP contribution in [0.25, 0.3) is 0 Å². The van der Waals surface area contributed by atoms with Gasteiger partial charge in [0.15, 0.2) is 0 Å². The zero-order valence-electron chi connectivity index (χ0n) is 10.4. The first kappa shape index (κ1) is 13.4. The number of rotatable bonds is 5. The molecule has 0 aliphatic rings. The number of halogens is 1. The maximum Gasteiger partial charge on any atom is 0.124 e. The Kier molecular flexibility index (Phi) is 4.64. The van der Waals surface area contributed by atoms with Gasteiger partial charge in [-0.2, -0.15) is 0 Å². The quantitative estimate of drug-likeness (QED) is 0.884. The Labute approximate surface area is 117 Å². The van der Waals surface area contributed by atoms with E-state index in [1.807, 2.05) is 37.4 Å². The highest BCUT2D eigenvalue weighted by atomic mass is 35.5. The Morgan fingerprint density at radius 3 is 2.72 bits per heavy atom. The molecule has 1 N–H and O–H groups in total. The molecule has 2 aromatic rings. The molecule has 0 radical (unpaired) electrons. The van der Waals surface area contributed by atoms with E-state index in [0.717, 1.165) is 15.0 Å². The third kappa shape index (κ3) is 3.25. The fourth-order valence-corrected chi connectivity index (χ4v) is 2.70. The van der Waals surface area contributed by atoms with Gasteiger partial charge in [-0.15, -0.1) is 11.3 Å². The van der Waals surface area contributed by atoms with Crippen LogP contribution in [-0.2, 0) is 6.61 Å². The van der Waals surface area contributed by atoms with Crippen molar-refractivity contribution in [3.05, 3.63) is 51.2 Å². The number of hydrogen-bond donors (Lipinski definition) is 1. The van der Waals surface area contributed by atoms with Crippen molar-refractivity contribution < 1.29 is 4.74 Å². The van der Waals surface area contributed by atoms with E-state index in [1.165, 1.54) is 5.56 Å². The lowest BCUT2D eigenvalue weighted by atomic mass is 10.1. The van der Waals surface area contributed by atoms with Crippen molar-refractivity contribution in [3.63, 3.8) is 0 Å². The molecule has 1 heterocycles. The molecule has 0 aliphatic heterocycles. The summed E-state index contributed by atoms with van der Waals surface area (Å²) in [6.07, 6.45) is 0. The van der Waals surface area contributed by atoms with Crippen molar-refractivity contribution in [1.82, 2.24) is 5.32 Å². The van der Waals surface area contributed by atoms with Crippen molar-refractivity contribution in [2.45, 2.75) is 19.6 Å². The molecule has 4 heteroatoms. The highest BCUT2D eigenvalue weighted by molar-refractivity contribution is 7.16. The second kappa shape index (κ2) is 6.23. The summed E-state index contributed by atoms with van der Waals surface area (Å²) in [7, 11) is 1.94. The van der Waals surface area contributed by atoms with Crippen LogP contribution in [0.15, 0.2) is 36.4 Å². The number of benzene rings is 1. The first-order valence-electron chi connectivity index (χ1n) is 5.84. The molecule has 0 saturated carbocycles. The summed E-state index contributed by atoms with van der Waals surface area (Å²) in [6, 6.07) is 12.3. The number of para-hydroxylation sites is 1. The van der Waals surface area contributed by atoms with Gasteiger partial charge in [0, 0.05) is 16.5 Å². The maximum absolute atomic E-state index is 5.90. The van der Waals surface area contributed by atoms with Crippen molar-refractivity contribution in [3.8, 4) is 5.75 Å². The molecule has 0 saturated heterocycles. The Hall–Kier alpha value is -1.03. The van der Waals surface area contributed by atoms with E-state index < -0.39 is 0 Å². The molecule has 0 aliphatic carbocycles. The molecule has 18 heavy (non-hydrogen) atoms. The maximum atomic E-state index is 5.90. The van der Waals surface area contributed by atoms with Gasteiger partial charge in [-0.1, -0.05) is 29.8 Å². The van der Waals surface area contributed by atoms with Crippen LogP contribution < -0.4 is 10.1 Å². The molecular formula is C14H16ClNOS. The van der Waals surface area contributed by atoms with E-state index >= 15 is 0 Å². The number of thiophene rings is 1. The van der Waals surface area contributed by atoms with E-state index in [4.69, 9.17) is 16.3 Å². The van der Waals surface area contributed by atoms with E-state index in [9.17, 15) is 0 Å². The van der Waals surface area contributed by atoms with Crippen LogP contribution in [0, 0.1) is 0 Å². The Balaban J connectivity index is 2.09. The van der Waals surface area contributed by atoms with Crippen molar-refractivity contribution in [1.29, 1.82) is 0 Å². The Morgan fingerprint density at radius 2 is 2.06 bits per heavy atom. The Morgan fingerprint density at radius 1 is 1.28 bits per heavy atom. The summed E-state index contributed by atoms with van der Waals surface area (Å²) in [5.41, 5.74) is 1.17. The van der Waals surface area contributed by atoms with Crippen molar-refractivity contribution in [2.75, 3.05) is 7.05 Å². The Bertz CT molecular complexity index is 512. The summed E-state index contributed by atoms with van der Waals surface area (Å²) in [4.78, 5) is 1.13. The molecule has 2 rings (SSSR count). The number of ether oxygens (including phenoxy) is 1. The standard InChI is InChI=1S/C14H16ClNOS/c1-10(16-2)12-5-3-4-6-13(12)17-9-11-7-8-14(15)18-11/h3-8,10,16H,9H2,1-2H3. The van der Waals surface area contributed by atoms with Gasteiger partial charge in [0.2, 0.25) is 0 Å². The molecule has 1 unspecified atom stereocenters. The summed E-state index contributed by atoms with van der Waals surface area (Å²) in [5, 5.41) is 3.23. The topological polar surface area (TPSA) is 21.3 Å². The van der Waals surface area contributed by atoms with Crippen LogP contribution in [0.2, 0.25) is 4.34 Å². The largest absolute Gasteiger partial charge is 0.488 e. The van der Waals surface area contributed by atoms with Gasteiger partial charge in [0.05, 0.1) is 4.34 Å². The number of nitrogens with one attached hydrogen (secondary N) is 1. The smallest absolute Gasteiger partial charge is 0.124 e. The second-order valence-corrected chi connectivity index (χ2v) is 5.84. The van der Waals surface area contributed by atoms with Gasteiger partial charge in [-0.25, -0.2) is 0 Å². The van der Waals surface area contributed by atoms with Crippen molar-refractivity contribution in [2.24, 2.45) is 0 Å². The van der Waals surface area contributed by atoms with Crippen LogP contribution >= 0.6 is 22.9 Å². The molecule has 0 spiro atoms. The first-order valence-corrected chi connectivity index (χ1v) is 7.03. The molecule has 0 fully saturated rings. The molecule has 2 nitrogen and oxygen atoms in total. The normalized spacial score (nSPS) is 12.4. The predicted molar refractivity (Wildman–Crippen MR) is 77.6 cm³/mol. The van der Waals surface area contributed by atoms with Crippen LogP contribution in [0.5, 0.6) is 5.75 Å². The van der Waals surface area contributed by atoms with Crippen LogP contribution in [-0.4, -0.2) is 7.05 Å². The minimum Gasteiger partial charge on any atom is -0.488 e. The summed E-state index contributed by atoms with van der Waals surface area (Å²) in [5.74, 6) is 0.920. The predicted octanol–water partition coefficient (Wildman–Crippen LogP) is 4.26. The molecule has 0 bridgehead atoms. The van der Waals surface area contributed by atoms with Gasteiger partial charge < -0.3 is 10.1 Å². The van der Waals surface area contributed by atoms with Crippen LogP contribution in [0.1, 0.15) is 23.4 Å². The zero-order chi connectivity index (χ0) is 13.0. The average molecular weight is 282 g/mol. The third-order valence-corrected chi connectivity index (χ3v) is 4.02. The SMILES string of the molecule is CNC(C)c1ccccc1OCc1ccc(Cl)s1. The molecule has 0 amide bonds. The third-order valence-electron chi connectivity index (χ3n) is 2.82. The summed E-state index contributed by atoms with van der Waals surface area (Å²) in [6.45, 7) is 2.68. The minimum atomic E-state index is 0.271. The zero-order valence-corrected chi connectivity index (χ0v) is 12.0. The molecular weight excluding hydrogens is 266 g/mol. The second-order valence-electron chi connectivity index (χ2n) is 4.04. The lowest BCUT2D eigenvalue weighted by molar-refractivity contribution is 0.304. The molecule has 1 aromatic carbocycles. The first-order chi connectivity index (χ1) is 8.70. The highest BCUT2D eigenvalue weighted by Gasteiger charge is 2.09. The van der Waals surface area contributed by atoms with Gasteiger partial charge in [0.1, 0.15) is 12.4 Å². The highest BCUT2D eigenvalue weighted by Crippen LogP contribution is 2.27. The molecule has 96 valence electrons. The van der Waals surface area contributed by atoms with Gasteiger partial charge >= 0.3 is 0 Å². The summed E-state index contributed by atoms with van der Waals surface area (Å²) < 4.78 is 6.67. The fraction of sp³-hybridized carbons (Fsp3) is 0.286. The lowest BCUT2D eigenvalue weighted by Gasteiger charge is -2.15. The molecule has 1 atom stereocenters. The lowest BCUT2D eigenvalue weighted by Crippen LogP contribution is -2.13. The van der Waals surface area contributed by atoms with Crippen molar-refractivity contribution >= 4 is 22.9 Å². The van der Waals surface area contributed by atoms with E-state index in [-0.39, 0.29) is 6.04 Å². The van der Waals surface area contributed by atoms with E-state index in [0.29, 0.717) is 6.61 Å². The van der Waals surface area contributed by atoms with E-state index in [2.05, 4.69) is 18.3 Å². The average Bonchev–Trinajstić information content (AvgIpc) is 2.81. The molecule has 1 aromatic heterocycles. The monoisotopic (exact) mass is 281 g/mol. The summed E-state index contributed by atoms with van der Waals surface area (Å²) >= 11 is 7.45.